The lowest BCUT2D eigenvalue weighted by Gasteiger charge is -2.55. The Morgan fingerprint density at radius 2 is 1.71 bits per heavy atom. The van der Waals surface area contributed by atoms with Crippen molar-refractivity contribution >= 4 is 11.9 Å². The van der Waals surface area contributed by atoms with Crippen molar-refractivity contribution < 1.29 is 28.2 Å². The van der Waals surface area contributed by atoms with Crippen LogP contribution in [-0.4, -0.2) is 18.4 Å². The molecule has 0 unspecified atom stereocenters. The maximum atomic E-state index is 14.2. The van der Waals surface area contributed by atoms with Crippen LogP contribution >= 0.6 is 0 Å². The largest absolute Gasteiger partial charge is 0.460 e. The molecule has 2 aromatic rings. The zero-order valence-corrected chi connectivity index (χ0v) is 19.6. The average molecular weight is 480 g/mol. The van der Waals surface area contributed by atoms with E-state index in [1.165, 1.54) is 31.4 Å². The molecule has 5 aliphatic rings. The summed E-state index contributed by atoms with van der Waals surface area (Å²) >= 11 is 0. The first-order valence-electron chi connectivity index (χ1n) is 12.6. The van der Waals surface area contributed by atoms with Gasteiger partial charge in [-0.25, -0.2) is 4.39 Å². The van der Waals surface area contributed by atoms with E-state index in [1.807, 2.05) is 30.3 Å². The minimum atomic E-state index is -0.622. The highest BCUT2D eigenvalue weighted by Crippen LogP contribution is 2.60. The third kappa shape index (κ3) is 4.42. The summed E-state index contributed by atoms with van der Waals surface area (Å²) in [5, 5.41) is 2.84. The van der Waals surface area contributed by atoms with Crippen LogP contribution in [-0.2, 0) is 32.3 Å². The van der Waals surface area contributed by atoms with Gasteiger partial charge in [-0.05, 0) is 68.4 Å². The molecule has 6 nitrogen and oxygen atoms in total. The van der Waals surface area contributed by atoms with Crippen LogP contribution in [0.4, 0.5) is 4.39 Å². The summed E-state index contributed by atoms with van der Waals surface area (Å²) < 4.78 is 31.4. The van der Waals surface area contributed by atoms with Crippen molar-refractivity contribution in [2.75, 3.05) is 6.54 Å². The summed E-state index contributed by atoms with van der Waals surface area (Å²) in [6.07, 6.45) is 5.97. The van der Waals surface area contributed by atoms with E-state index >= 15 is 0 Å². The lowest BCUT2D eigenvalue weighted by atomic mass is 9.49. The lowest BCUT2D eigenvalue weighted by molar-refractivity contribution is -0.151. The monoisotopic (exact) mass is 479 g/mol. The van der Waals surface area contributed by atoms with Gasteiger partial charge in [0.05, 0.1) is 6.61 Å². The molecule has 1 heterocycles. The van der Waals surface area contributed by atoms with Crippen LogP contribution in [0.25, 0.3) is 0 Å². The van der Waals surface area contributed by atoms with E-state index in [0.29, 0.717) is 34.6 Å². The molecule has 1 aliphatic heterocycles. The van der Waals surface area contributed by atoms with Gasteiger partial charge in [-0.15, -0.1) is 0 Å². The van der Waals surface area contributed by atoms with Crippen molar-refractivity contribution in [2.24, 2.45) is 23.2 Å². The zero-order valence-electron chi connectivity index (χ0n) is 19.6. The summed E-state index contributed by atoms with van der Waals surface area (Å²) in [5.74, 6) is 1.42. The summed E-state index contributed by atoms with van der Waals surface area (Å²) in [6, 6.07) is 12.2. The van der Waals surface area contributed by atoms with E-state index in [-0.39, 0.29) is 31.1 Å². The number of hydrogen-bond donors (Lipinski definition) is 1. The number of benzene rings is 2. The normalized spacial score (nSPS) is 30.3. The molecular weight excluding hydrogens is 449 g/mol. The Morgan fingerprint density at radius 3 is 2.40 bits per heavy atom. The molecule has 0 aromatic heterocycles. The van der Waals surface area contributed by atoms with E-state index in [4.69, 9.17) is 14.2 Å². The highest BCUT2D eigenvalue weighted by atomic mass is 19.1. The molecule has 0 radical (unpaired) electrons. The van der Waals surface area contributed by atoms with E-state index < -0.39 is 18.1 Å². The molecule has 7 heteroatoms. The Hall–Kier alpha value is -2.93. The van der Waals surface area contributed by atoms with Crippen LogP contribution < -0.4 is 10.1 Å². The molecule has 0 saturated heterocycles. The molecule has 0 spiro atoms. The van der Waals surface area contributed by atoms with E-state index in [2.05, 4.69) is 5.32 Å². The van der Waals surface area contributed by atoms with Gasteiger partial charge in [-0.1, -0.05) is 30.3 Å². The van der Waals surface area contributed by atoms with Gasteiger partial charge < -0.3 is 19.5 Å². The molecule has 4 saturated carbocycles. The number of fused-ring (bicyclic) bond motifs is 1. The molecule has 1 amide bonds. The molecule has 1 atom stereocenters. The molecule has 4 fully saturated rings. The Balaban J connectivity index is 1.07. The van der Waals surface area contributed by atoms with Gasteiger partial charge >= 0.3 is 5.97 Å². The lowest BCUT2D eigenvalue weighted by Crippen LogP contribution is -2.54. The first-order chi connectivity index (χ1) is 17.0. The first-order valence-corrected chi connectivity index (χ1v) is 12.6. The number of ether oxygens (including phenoxy) is 3. The number of hydrogen-bond acceptors (Lipinski definition) is 5. The predicted molar refractivity (Wildman–Crippen MR) is 124 cm³/mol. The smallest absolute Gasteiger partial charge is 0.325 e. The fourth-order valence-corrected chi connectivity index (χ4v) is 7.10. The van der Waals surface area contributed by atoms with Crippen LogP contribution in [0.3, 0.4) is 0 Å². The van der Waals surface area contributed by atoms with Gasteiger partial charge in [0, 0.05) is 22.1 Å². The number of carbonyl (C=O) groups is 2. The SMILES string of the molecule is O=C(CNC(=O)C12CC3CC(CC(C3)C1)C2)OCc1cc(F)cc2c1O[C@H](c1ccccc1)OC2. The molecule has 35 heavy (non-hydrogen) atoms. The first kappa shape index (κ1) is 22.5. The van der Waals surface area contributed by atoms with Crippen molar-refractivity contribution in [2.45, 2.75) is 58.0 Å². The summed E-state index contributed by atoms with van der Waals surface area (Å²) in [7, 11) is 0. The van der Waals surface area contributed by atoms with Gasteiger partial charge in [0.15, 0.2) is 0 Å². The predicted octanol–water partition coefficient (Wildman–Crippen LogP) is 4.81. The van der Waals surface area contributed by atoms with Crippen LogP contribution in [0.2, 0.25) is 0 Å². The Kier molecular flexibility index (Phi) is 5.75. The van der Waals surface area contributed by atoms with E-state index in [9.17, 15) is 14.0 Å². The topological polar surface area (TPSA) is 73.9 Å². The van der Waals surface area contributed by atoms with Gasteiger partial charge in [0.1, 0.15) is 24.7 Å². The number of esters is 1. The number of halogens is 1. The highest BCUT2D eigenvalue weighted by Gasteiger charge is 2.54. The number of nitrogens with one attached hydrogen (secondary N) is 1. The zero-order chi connectivity index (χ0) is 24.0. The van der Waals surface area contributed by atoms with E-state index in [0.717, 1.165) is 24.8 Å². The number of amides is 1. The standard InChI is InChI=1S/C28H30FNO5/c29-23-9-21(25-22(10-23)16-34-26(35-25)20-4-2-1-3-5-20)15-33-24(31)14-30-27(32)28-11-17-6-18(12-28)8-19(7-17)13-28/h1-5,9-10,17-19,26H,6-8,11-16H2,(H,30,32)/t17?,18?,19?,26-,28?/m1/s1. The second-order valence-electron chi connectivity index (χ2n) is 10.8. The van der Waals surface area contributed by atoms with Crippen LogP contribution in [0.1, 0.15) is 61.5 Å². The van der Waals surface area contributed by atoms with Crippen LogP contribution in [0.5, 0.6) is 5.75 Å². The van der Waals surface area contributed by atoms with Gasteiger partial charge in [-0.2, -0.15) is 0 Å². The summed E-state index contributed by atoms with van der Waals surface area (Å²) in [4.78, 5) is 25.6. The van der Waals surface area contributed by atoms with Crippen molar-refractivity contribution in [3.05, 3.63) is 65.0 Å². The maximum Gasteiger partial charge on any atom is 0.325 e. The molecule has 4 bridgehead atoms. The van der Waals surface area contributed by atoms with Crippen LogP contribution in [0.15, 0.2) is 42.5 Å². The third-order valence-electron chi connectivity index (χ3n) is 8.20. The molecule has 7 rings (SSSR count). The van der Waals surface area contributed by atoms with E-state index in [1.54, 1.807) is 0 Å². The third-order valence-corrected chi connectivity index (χ3v) is 8.20. The molecule has 4 aliphatic carbocycles. The second kappa shape index (κ2) is 8.94. The maximum absolute atomic E-state index is 14.2. The van der Waals surface area contributed by atoms with Crippen molar-refractivity contribution in [3.8, 4) is 5.75 Å². The van der Waals surface area contributed by atoms with Gasteiger partial charge in [0.25, 0.3) is 0 Å². The van der Waals surface area contributed by atoms with Gasteiger partial charge in [-0.3, -0.25) is 9.59 Å². The fraction of sp³-hybridized carbons (Fsp3) is 0.500. The second-order valence-corrected chi connectivity index (χ2v) is 10.8. The van der Waals surface area contributed by atoms with Gasteiger partial charge in [0.2, 0.25) is 12.2 Å². The van der Waals surface area contributed by atoms with Crippen molar-refractivity contribution in [1.82, 2.24) is 5.32 Å². The Bertz CT molecular complexity index is 1100. The fourth-order valence-electron chi connectivity index (χ4n) is 7.10. The van der Waals surface area contributed by atoms with Crippen molar-refractivity contribution in [1.29, 1.82) is 0 Å². The minimum Gasteiger partial charge on any atom is -0.460 e. The number of rotatable bonds is 6. The van der Waals surface area contributed by atoms with Crippen molar-refractivity contribution in [3.63, 3.8) is 0 Å². The Morgan fingerprint density at radius 1 is 1.03 bits per heavy atom. The molecule has 184 valence electrons. The highest BCUT2D eigenvalue weighted by molar-refractivity contribution is 5.86. The number of carbonyl (C=O) groups excluding carboxylic acids is 2. The summed E-state index contributed by atoms with van der Waals surface area (Å²) in [5.41, 5.74) is 1.54. The quantitative estimate of drug-likeness (QED) is 0.602. The Labute approximate surface area is 204 Å². The minimum absolute atomic E-state index is 0.0112. The van der Waals surface area contributed by atoms with Crippen LogP contribution in [0, 0.1) is 29.0 Å². The molecular formula is C28H30FNO5. The molecule has 1 N–H and O–H groups in total. The summed E-state index contributed by atoms with van der Waals surface area (Å²) in [6.45, 7) is -0.142. The average Bonchev–Trinajstić information content (AvgIpc) is 2.85. The molecule has 2 aromatic carbocycles.